The van der Waals surface area contributed by atoms with E-state index in [1.807, 2.05) is 0 Å². The molecule has 0 bridgehead atoms. The number of nitriles is 1. The Labute approximate surface area is 85.1 Å². The Bertz CT molecular complexity index is 385. The second kappa shape index (κ2) is 4.34. The number of halogens is 3. The standard InChI is InChI=1S/C9H7ClF2N2/c1-5-4-6(9(11)12)7(2-3-13)14-8(5)10/h4,9H,2H2,1H3. The molecular formula is C9H7ClF2N2. The van der Waals surface area contributed by atoms with Crippen LogP contribution in [0, 0.1) is 18.3 Å². The molecule has 0 unspecified atom stereocenters. The summed E-state index contributed by atoms with van der Waals surface area (Å²) in [7, 11) is 0. The zero-order valence-corrected chi connectivity index (χ0v) is 8.15. The number of hydrogen-bond donors (Lipinski definition) is 0. The Morgan fingerprint density at radius 3 is 2.79 bits per heavy atom. The van der Waals surface area contributed by atoms with Gasteiger partial charge in [0.2, 0.25) is 0 Å². The first kappa shape index (κ1) is 10.9. The first-order valence-corrected chi connectivity index (χ1v) is 4.25. The van der Waals surface area contributed by atoms with Gasteiger partial charge in [0, 0.05) is 5.56 Å². The molecule has 0 spiro atoms. The summed E-state index contributed by atoms with van der Waals surface area (Å²) in [5.41, 5.74) is 0.329. The van der Waals surface area contributed by atoms with Crippen LogP contribution in [0.2, 0.25) is 5.15 Å². The molecule has 0 fully saturated rings. The van der Waals surface area contributed by atoms with Crippen molar-refractivity contribution in [2.24, 2.45) is 0 Å². The van der Waals surface area contributed by atoms with E-state index in [1.165, 1.54) is 6.07 Å². The number of hydrogen-bond acceptors (Lipinski definition) is 2. The summed E-state index contributed by atoms with van der Waals surface area (Å²) in [6, 6.07) is 3.04. The fourth-order valence-corrected chi connectivity index (χ4v) is 1.21. The molecule has 0 saturated heterocycles. The van der Waals surface area contributed by atoms with Crippen LogP contribution in [0.1, 0.15) is 23.2 Å². The molecule has 5 heteroatoms. The monoisotopic (exact) mass is 216 g/mol. The molecule has 0 aliphatic rings. The minimum absolute atomic E-state index is 0.0538. The molecule has 0 N–H and O–H groups in total. The average molecular weight is 217 g/mol. The number of aryl methyl sites for hydroxylation is 1. The van der Waals surface area contributed by atoms with Crippen molar-refractivity contribution in [2.45, 2.75) is 19.8 Å². The van der Waals surface area contributed by atoms with Gasteiger partial charge in [0.1, 0.15) is 5.15 Å². The molecular weight excluding hydrogens is 210 g/mol. The van der Waals surface area contributed by atoms with Gasteiger partial charge in [-0.2, -0.15) is 5.26 Å². The third kappa shape index (κ3) is 2.18. The first-order valence-electron chi connectivity index (χ1n) is 3.87. The molecule has 0 aliphatic heterocycles. The van der Waals surface area contributed by atoms with Gasteiger partial charge in [-0.3, -0.25) is 0 Å². The van der Waals surface area contributed by atoms with Gasteiger partial charge in [0.05, 0.1) is 18.2 Å². The van der Waals surface area contributed by atoms with Crippen molar-refractivity contribution in [3.8, 4) is 6.07 Å². The minimum Gasteiger partial charge on any atom is -0.239 e. The van der Waals surface area contributed by atoms with Crippen LogP contribution in [0.5, 0.6) is 0 Å². The summed E-state index contributed by atoms with van der Waals surface area (Å²) in [6.07, 6.45) is -2.78. The number of alkyl halides is 2. The van der Waals surface area contributed by atoms with E-state index in [4.69, 9.17) is 16.9 Å². The maximum absolute atomic E-state index is 12.5. The summed E-state index contributed by atoms with van der Waals surface area (Å²) in [6.45, 7) is 1.59. The second-order valence-corrected chi connectivity index (χ2v) is 3.13. The van der Waals surface area contributed by atoms with Crippen LogP contribution < -0.4 is 0 Å². The Balaban J connectivity index is 3.25. The Kier molecular flexibility index (Phi) is 3.37. The van der Waals surface area contributed by atoms with Crippen LogP contribution in [0.15, 0.2) is 6.07 Å². The quantitative estimate of drug-likeness (QED) is 0.713. The van der Waals surface area contributed by atoms with E-state index in [0.29, 0.717) is 5.56 Å². The smallest absolute Gasteiger partial charge is 0.239 e. The maximum atomic E-state index is 12.5. The minimum atomic E-state index is -2.62. The molecule has 0 atom stereocenters. The Morgan fingerprint density at radius 2 is 2.29 bits per heavy atom. The molecule has 0 aromatic carbocycles. The van der Waals surface area contributed by atoms with Crippen LogP contribution in [0.3, 0.4) is 0 Å². The van der Waals surface area contributed by atoms with Gasteiger partial charge in [-0.25, -0.2) is 13.8 Å². The zero-order chi connectivity index (χ0) is 10.7. The molecule has 1 heterocycles. The predicted molar refractivity (Wildman–Crippen MR) is 48.3 cm³/mol. The SMILES string of the molecule is Cc1cc(C(F)F)c(CC#N)nc1Cl. The lowest BCUT2D eigenvalue weighted by molar-refractivity contribution is 0.150. The number of nitrogens with zero attached hydrogens (tertiary/aromatic N) is 2. The molecule has 14 heavy (non-hydrogen) atoms. The van der Waals surface area contributed by atoms with Crippen molar-refractivity contribution in [3.05, 3.63) is 28.0 Å². The lowest BCUT2D eigenvalue weighted by Gasteiger charge is -2.07. The Hall–Kier alpha value is -1.21. The van der Waals surface area contributed by atoms with Crippen LogP contribution >= 0.6 is 11.6 Å². The highest BCUT2D eigenvalue weighted by molar-refractivity contribution is 6.30. The van der Waals surface area contributed by atoms with E-state index in [9.17, 15) is 8.78 Å². The lowest BCUT2D eigenvalue weighted by atomic mass is 10.1. The Morgan fingerprint density at radius 1 is 1.64 bits per heavy atom. The van der Waals surface area contributed by atoms with Crippen molar-refractivity contribution in [3.63, 3.8) is 0 Å². The van der Waals surface area contributed by atoms with Crippen LogP contribution in [-0.4, -0.2) is 4.98 Å². The molecule has 1 aromatic rings. The van der Waals surface area contributed by atoms with Crippen LogP contribution in [-0.2, 0) is 6.42 Å². The molecule has 74 valence electrons. The van der Waals surface area contributed by atoms with E-state index < -0.39 is 6.43 Å². The first-order chi connectivity index (χ1) is 6.56. The zero-order valence-electron chi connectivity index (χ0n) is 7.39. The second-order valence-electron chi connectivity index (χ2n) is 2.77. The summed E-state index contributed by atoms with van der Waals surface area (Å²) in [4.78, 5) is 3.75. The number of rotatable bonds is 2. The van der Waals surface area contributed by atoms with E-state index in [0.717, 1.165) is 0 Å². The molecule has 0 radical (unpaired) electrons. The summed E-state index contributed by atoms with van der Waals surface area (Å²) >= 11 is 5.66. The molecule has 0 aliphatic carbocycles. The highest BCUT2D eigenvalue weighted by Gasteiger charge is 2.15. The molecule has 1 rings (SSSR count). The van der Waals surface area contributed by atoms with Gasteiger partial charge in [0.15, 0.2) is 0 Å². The average Bonchev–Trinajstić information content (AvgIpc) is 2.11. The fraction of sp³-hybridized carbons (Fsp3) is 0.333. The van der Waals surface area contributed by atoms with Crippen molar-refractivity contribution in [2.75, 3.05) is 0 Å². The normalized spacial score (nSPS) is 10.3. The van der Waals surface area contributed by atoms with E-state index in [2.05, 4.69) is 4.98 Å². The predicted octanol–water partition coefficient (Wildman–Crippen LogP) is 3.05. The van der Waals surface area contributed by atoms with Gasteiger partial charge in [0.25, 0.3) is 6.43 Å². The van der Waals surface area contributed by atoms with Crippen LogP contribution in [0.25, 0.3) is 0 Å². The molecule has 1 aromatic heterocycles. The third-order valence-corrected chi connectivity index (χ3v) is 2.13. The largest absolute Gasteiger partial charge is 0.265 e. The lowest BCUT2D eigenvalue weighted by Crippen LogP contribution is -1.99. The van der Waals surface area contributed by atoms with Crippen molar-refractivity contribution < 1.29 is 8.78 Å². The van der Waals surface area contributed by atoms with Crippen molar-refractivity contribution in [1.82, 2.24) is 4.98 Å². The molecule has 2 nitrogen and oxygen atoms in total. The topological polar surface area (TPSA) is 36.7 Å². The van der Waals surface area contributed by atoms with E-state index in [-0.39, 0.29) is 22.8 Å². The van der Waals surface area contributed by atoms with Gasteiger partial charge in [-0.05, 0) is 18.6 Å². The van der Waals surface area contributed by atoms with Crippen molar-refractivity contribution in [1.29, 1.82) is 5.26 Å². The van der Waals surface area contributed by atoms with Gasteiger partial charge in [-0.15, -0.1) is 0 Å². The third-order valence-electron chi connectivity index (χ3n) is 1.75. The highest BCUT2D eigenvalue weighted by atomic mass is 35.5. The fourth-order valence-electron chi connectivity index (χ4n) is 1.05. The van der Waals surface area contributed by atoms with E-state index >= 15 is 0 Å². The maximum Gasteiger partial charge on any atom is 0.265 e. The van der Waals surface area contributed by atoms with Gasteiger partial charge >= 0.3 is 0 Å². The highest BCUT2D eigenvalue weighted by Crippen LogP contribution is 2.26. The summed E-state index contributed by atoms with van der Waals surface area (Å²) in [5.74, 6) is 0. The molecule has 0 amide bonds. The van der Waals surface area contributed by atoms with Crippen LogP contribution in [0.4, 0.5) is 8.78 Å². The van der Waals surface area contributed by atoms with Gasteiger partial charge < -0.3 is 0 Å². The summed E-state index contributed by atoms with van der Waals surface area (Å²) < 4.78 is 24.9. The van der Waals surface area contributed by atoms with Crippen molar-refractivity contribution >= 4 is 11.6 Å². The van der Waals surface area contributed by atoms with Gasteiger partial charge in [-0.1, -0.05) is 11.6 Å². The molecule has 0 saturated carbocycles. The summed E-state index contributed by atoms with van der Waals surface area (Å²) in [5, 5.41) is 8.57. The number of aromatic nitrogens is 1. The number of pyridine rings is 1. The van der Waals surface area contributed by atoms with E-state index in [1.54, 1.807) is 13.0 Å².